The normalized spacial score (nSPS) is 33.3. The van der Waals surface area contributed by atoms with Crippen molar-refractivity contribution in [1.82, 2.24) is 0 Å². The van der Waals surface area contributed by atoms with E-state index < -0.39 is 0 Å². The van der Waals surface area contributed by atoms with E-state index in [1.165, 1.54) is 73.0 Å². The van der Waals surface area contributed by atoms with Gasteiger partial charge < -0.3 is 9.80 Å². The second-order valence-corrected chi connectivity index (χ2v) is 9.37. The molecule has 2 N–H and O–H groups in total. The number of quaternary nitrogens is 2. The van der Waals surface area contributed by atoms with Gasteiger partial charge in [-0.2, -0.15) is 0 Å². The maximum Gasteiger partial charge on any atom is 0.292 e. The maximum absolute atomic E-state index is 13.2. The molecule has 1 aromatic rings. The number of hydrogen-bond acceptors (Lipinski definition) is 2. The number of amides is 2. The first kappa shape index (κ1) is 20.5. The van der Waals surface area contributed by atoms with Gasteiger partial charge in [-0.3, -0.25) is 9.59 Å². The van der Waals surface area contributed by atoms with Crippen molar-refractivity contribution in [3.63, 3.8) is 0 Å². The van der Waals surface area contributed by atoms with E-state index in [1.807, 2.05) is 0 Å². The van der Waals surface area contributed by atoms with Gasteiger partial charge in [0.25, 0.3) is 5.91 Å². The summed E-state index contributed by atoms with van der Waals surface area (Å²) < 4.78 is 13.2. The van der Waals surface area contributed by atoms with E-state index in [-0.39, 0.29) is 30.1 Å². The molecule has 3 heterocycles. The predicted octanol–water partition coefficient (Wildman–Crippen LogP) is 0.457. The molecule has 3 fully saturated rings. The summed E-state index contributed by atoms with van der Waals surface area (Å²) in [4.78, 5) is 29.7. The van der Waals surface area contributed by atoms with Crippen molar-refractivity contribution >= 4 is 17.5 Å². The summed E-state index contributed by atoms with van der Waals surface area (Å²) in [6.45, 7) is 8.23. The second kappa shape index (κ2) is 8.92. The molecule has 3 aliphatic rings. The first-order valence-electron chi connectivity index (χ1n) is 11.3. The molecule has 0 unspecified atom stereocenters. The molecule has 0 spiro atoms. The van der Waals surface area contributed by atoms with Crippen molar-refractivity contribution in [2.45, 2.75) is 51.5 Å². The third-order valence-corrected chi connectivity index (χ3v) is 7.36. The summed E-state index contributed by atoms with van der Waals surface area (Å²) in [6, 6.07) is 5.35. The van der Waals surface area contributed by atoms with E-state index in [1.54, 1.807) is 4.90 Å². The summed E-state index contributed by atoms with van der Waals surface area (Å²) in [7, 11) is 0. The van der Waals surface area contributed by atoms with Gasteiger partial charge in [-0.25, -0.2) is 9.29 Å². The van der Waals surface area contributed by atoms with Crippen LogP contribution in [0, 0.1) is 17.7 Å². The molecule has 0 saturated carbocycles. The van der Waals surface area contributed by atoms with Gasteiger partial charge in [-0.05, 0) is 68.2 Å². The molecule has 2 amide bonds. The Morgan fingerprint density at radius 2 is 1.66 bits per heavy atom. The summed E-state index contributed by atoms with van der Waals surface area (Å²) in [5.41, 5.74) is 0.483. The number of carbonyl (C=O) groups is 2. The lowest BCUT2D eigenvalue weighted by Crippen LogP contribution is -3.17. The minimum absolute atomic E-state index is 0.123. The number of anilines is 1. The molecule has 0 aromatic heterocycles. The number of nitrogens with one attached hydrogen (secondary N) is 2. The molecule has 158 valence electrons. The van der Waals surface area contributed by atoms with E-state index in [0.717, 1.165) is 37.8 Å². The van der Waals surface area contributed by atoms with Gasteiger partial charge in [0.1, 0.15) is 5.82 Å². The van der Waals surface area contributed by atoms with Gasteiger partial charge in [0.2, 0.25) is 5.91 Å². The van der Waals surface area contributed by atoms with Crippen LogP contribution in [0.2, 0.25) is 0 Å². The molecule has 1 atom stereocenters. The number of hydrogen-bond donors (Lipinski definition) is 2. The van der Waals surface area contributed by atoms with Crippen LogP contribution in [-0.4, -0.2) is 50.6 Å². The number of nitrogens with zero attached hydrogens (tertiary/aromatic N) is 1. The average Bonchev–Trinajstić information content (AvgIpc) is 3.03. The lowest BCUT2D eigenvalue weighted by Gasteiger charge is -2.33. The zero-order chi connectivity index (χ0) is 20.4. The smallest absolute Gasteiger partial charge is 0.292 e. The van der Waals surface area contributed by atoms with Gasteiger partial charge in [0.05, 0.1) is 44.8 Å². The minimum atomic E-state index is -0.363. The van der Waals surface area contributed by atoms with Crippen LogP contribution in [0.15, 0.2) is 24.3 Å². The lowest BCUT2D eigenvalue weighted by molar-refractivity contribution is -0.922. The fraction of sp³-hybridized carbons (Fsp3) is 0.652. The maximum atomic E-state index is 13.2. The zero-order valence-corrected chi connectivity index (χ0v) is 17.5. The van der Waals surface area contributed by atoms with Crippen molar-refractivity contribution in [3.05, 3.63) is 30.1 Å². The molecule has 3 saturated heterocycles. The highest BCUT2D eigenvalue weighted by atomic mass is 19.1. The summed E-state index contributed by atoms with van der Waals surface area (Å²) in [5, 5.41) is 0. The van der Waals surface area contributed by atoms with E-state index in [9.17, 15) is 14.0 Å². The Bertz CT molecular complexity index is 722. The quantitative estimate of drug-likeness (QED) is 0.702. The minimum Gasteiger partial charge on any atom is -0.335 e. The van der Waals surface area contributed by atoms with E-state index in [2.05, 4.69) is 6.92 Å². The van der Waals surface area contributed by atoms with E-state index in [0.29, 0.717) is 5.69 Å². The first-order chi connectivity index (χ1) is 14.0. The molecule has 6 heteroatoms. The van der Waals surface area contributed by atoms with Crippen LogP contribution in [0.4, 0.5) is 10.1 Å². The highest BCUT2D eigenvalue weighted by Gasteiger charge is 2.46. The molecule has 1 aromatic carbocycles. The number of benzene rings is 1. The third kappa shape index (κ3) is 4.69. The third-order valence-electron chi connectivity index (χ3n) is 7.36. The number of imide groups is 1. The van der Waals surface area contributed by atoms with Crippen LogP contribution in [-0.2, 0) is 9.59 Å². The van der Waals surface area contributed by atoms with Crippen molar-refractivity contribution < 1.29 is 23.8 Å². The van der Waals surface area contributed by atoms with Gasteiger partial charge in [-0.1, -0.05) is 6.92 Å². The number of carbonyl (C=O) groups excluding carboxylic acids is 2. The molecule has 0 radical (unpaired) electrons. The van der Waals surface area contributed by atoms with Gasteiger partial charge >= 0.3 is 0 Å². The predicted molar refractivity (Wildman–Crippen MR) is 109 cm³/mol. The van der Waals surface area contributed by atoms with Crippen LogP contribution in [0.3, 0.4) is 0 Å². The van der Waals surface area contributed by atoms with Gasteiger partial charge in [0, 0.05) is 0 Å². The second-order valence-electron chi connectivity index (χ2n) is 9.37. The molecule has 0 aliphatic carbocycles. The Labute approximate surface area is 172 Å². The fourth-order valence-corrected chi connectivity index (χ4v) is 5.33. The number of rotatable bonds is 5. The van der Waals surface area contributed by atoms with Gasteiger partial charge in [0.15, 0.2) is 6.04 Å². The van der Waals surface area contributed by atoms with Crippen molar-refractivity contribution in [1.29, 1.82) is 0 Å². The van der Waals surface area contributed by atoms with Crippen molar-refractivity contribution in [3.8, 4) is 0 Å². The van der Waals surface area contributed by atoms with E-state index in [4.69, 9.17) is 0 Å². The number of piperidine rings is 2. The Balaban J connectivity index is 1.27. The Hall–Kier alpha value is -1.79. The van der Waals surface area contributed by atoms with Crippen molar-refractivity contribution in [2.24, 2.45) is 11.8 Å². The SMILES string of the molecule is CC1CC[NH+](CCC2CC[NH+]([C@H]3CC(=O)N(c4ccc(F)cc4)C3=O)CC2)CC1. The van der Waals surface area contributed by atoms with Crippen LogP contribution >= 0.6 is 0 Å². The zero-order valence-electron chi connectivity index (χ0n) is 17.5. The Kier molecular flexibility index (Phi) is 6.30. The topological polar surface area (TPSA) is 46.3 Å². The lowest BCUT2D eigenvalue weighted by atomic mass is 9.91. The standard InChI is InChI=1S/C23H32FN3O2/c1-17-6-11-25(12-7-17)13-8-18-9-14-26(15-10-18)21-16-22(28)27(23(21)29)20-4-2-19(24)3-5-20/h2-5,17-18,21H,6-16H2,1H3/p+2/t21-/m0/s1. The summed E-state index contributed by atoms with van der Waals surface area (Å²) >= 11 is 0. The fourth-order valence-electron chi connectivity index (χ4n) is 5.33. The van der Waals surface area contributed by atoms with Crippen molar-refractivity contribution in [2.75, 3.05) is 37.6 Å². The largest absolute Gasteiger partial charge is 0.335 e. The molecule has 29 heavy (non-hydrogen) atoms. The average molecular weight is 404 g/mol. The van der Waals surface area contributed by atoms with Crippen LogP contribution in [0.1, 0.15) is 45.4 Å². The monoisotopic (exact) mass is 403 g/mol. The van der Waals surface area contributed by atoms with Crippen LogP contribution < -0.4 is 14.7 Å². The Morgan fingerprint density at radius 1 is 1.00 bits per heavy atom. The molecule has 5 nitrogen and oxygen atoms in total. The number of likely N-dealkylation sites (tertiary alicyclic amines) is 2. The van der Waals surface area contributed by atoms with Crippen LogP contribution in [0.5, 0.6) is 0 Å². The summed E-state index contributed by atoms with van der Waals surface area (Å²) in [6.07, 6.45) is 6.57. The number of halogens is 1. The first-order valence-corrected chi connectivity index (χ1v) is 11.3. The molecule has 3 aliphatic heterocycles. The molecular formula is C23H34FN3O2+2. The molecule has 0 bridgehead atoms. The van der Waals surface area contributed by atoms with Gasteiger partial charge in [-0.15, -0.1) is 0 Å². The molecule has 4 rings (SSSR count). The van der Waals surface area contributed by atoms with Crippen LogP contribution in [0.25, 0.3) is 0 Å². The van der Waals surface area contributed by atoms with E-state index >= 15 is 0 Å². The highest BCUT2D eigenvalue weighted by molar-refractivity contribution is 6.21. The Morgan fingerprint density at radius 3 is 2.31 bits per heavy atom. The highest BCUT2D eigenvalue weighted by Crippen LogP contribution is 2.23. The summed E-state index contributed by atoms with van der Waals surface area (Å²) in [5.74, 6) is 1.00. The molecular weight excluding hydrogens is 369 g/mol.